The van der Waals surface area contributed by atoms with Gasteiger partial charge in [-0.1, -0.05) is 74.5 Å². The molecular weight excluding hydrogens is 318 g/mol. The van der Waals surface area contributed by atoms with E-state index in [1.165, 1.54) is 21.9 Å². The van der Waals surface area contributed by atoms with Gasteiger partial charge >= 0.3 is 0 Å². The number of rotatable bonds is 9. The van der Waals surface area contributed by atoms with Crippen LogP contribution in [0.3, 0.4) is 0 Å². The zero-order valence-electron chi connectivity index (χ0n) is 15.9. The molecule has 0 aliphatic heterocycles. The fourth-order valence-electron chi connectivity index (χ4n) is 3.17. The standard InChI is InChI=1S/C24H29NO/c1-19(2)18-26-24-15-14-21-12-6-7-13-22(21)23(24)17-25-16-8-11-20-9-4-3-5-10-20/h3-7,9-10,12-15,19,25H,8,11,16-18H2,1-2H3. The molecule has 26 heavy (non-hydrogen) atoms. The Labute approximate surface area is 157 Å². The van der Waals surface area contributed by atoms with E-state index in [-0.39, 0.29) is 0 Å². The van der Waals surface area contributed by atoms with Crippen LogP contribution in [0.15, 0.2) is 66.7 Å². The molecule has 0 radical (unpaired) electrons. The molecule has 0 unspecified atom stereocenters. The zero-order chi connectivity index (χ0) is 18.2. The molecule has 0 atom stereocenters. The van der Waals surface area contributed by atoms with E-state index in [9.17, 15) is 0 Å². The van der Waals surface area contributed by atoms with Crippen molar-refractivity contribution in [2.75, 3.05) is 13.2 Å². The first kappa shape index (κ1) is 18.5. The Hall–Kier alpha value is -2.32. The lowest BCUT2D eigenvalue weighted by atomic mass is 10.0. The summed E-state index contributed by atoms with van der Waals surface area (Å²) in [6, 6.07) is 23.5. The third kappa shape index (κ3) is 5.09. The molecule has 2 nitrogen and oxygen atoms in total. The molecule has 2 heteroatoms. The molecule has 0 spiro atoms. The van der Waals surface area contributed by atoms with Crippen LogP contribution < -0.4 is 10.1 Å². The Balaban J connectivity index is 1.63. The fraction of sp³-hybridized carbons (Fsp3) is 0.333. The Morgan fingerprint density at radius 1 is 0.885 bits per heavy atom. The van der Waals surface area contributed by atoms with Gasteiger partial charge in [-0.15, -0.1) is 0 Å². The summed E-state index contributed by atoms with van der Waals surface area (Å²) in [6.07, 6.45) is 2.25. The highest BCUT2D eigenvalue weighted by molar-refractivity contribution is 5.87. The lowest BCUT2D eigenvalue weighted by Gasteiger charge is -2.16. The number of hydrogen-bond donors (Lipinski definition) is 1. The molecule has 0 fully saturated rings. The molecule has 0 aliphatic carbocycles. The van der Waals surface area contributed by atoms with Gasteiger partial charge in [0.15, 0.2) is 0 Å². The Bertz CT molecular complexity index is 811. The highest BCUT2D eigenvalue weighted by atomic mass is 16.5. The second kappa shape index (κ2) is 9.40. The smallest absolute Gasteiger partial charge is 0.124 e. The van der Waals surface area contributed by atoms with Gasteiger partial charge < -0.3 is 10.1 Å². The van der Waals surface area contributed by atoms with Crippen LogP contribution in [0.2, 0.25) is 0 Å². The Morgan fingerprint density at radius 2 is 1.65 bits per heavy atom. The first-order chi connectivity index (χ1) is 12.7. The van der Waals surface area contributed by atoms with Crippen molar-refractivity contribution in [2.24, 2.45) is 5.92 Å². The van der Waals surface area contributed by atoms with E-state index in [0.717, 1.165) is 38.3 Å². The zero-order valence-corrected chi connectivity index (χ0v) is 15.9. The molecule has 0 bridgehead atoms. The van der Waals surface area contributed by atoms with Crippen LogP contribution >= 0.6 is 0 Å². The maximum Gasteiger partial charge on any atom is 0.124 e. The molecule has 1 N–H and O–H groups in total. The molecular formula is C24H29NO. The lowest BCUT2D eigenvalue weighted by molar-refractivity contribution is 0.268. The van der Waals surface area contributed by atoms with Crippen LogP contribution in [0, 0.1) is 5.92 Å². The second-order valence-electron chi connectivity index (χ2n) is 7.23. The average molecular weight is 348 g/mol. The molecule has 0 heterocycles. The number of fused-ring (bicyclic) bond motifs is 1. The molecule has 0 amide bonds. The second-order valence-corrected chi connectivity index (χ2v) is 7.23. The van der Waals surface area contributed by atoms with E-state index in [1.807, 2.05) is 0 Å². The van der Waals surface area contributed by atoms with Gasteiger partial charge in [0.2, 0.25) is 0 Å². The number of nitrogens with one attached hydrogen (secondary N) is 1. The normalized spacial score (nSPS) is 11.2. The van der Waals surface area contributed by atoms with Crippen LogP contribution in [-0.2, 0) is 13.0 Å². The summed E-state index contributed by atoms with van der Waals surface area (Å²) in [5.74, 6) is 1.53. The van der Waals surface area contributed by atoms with E-state index in [1.54, 1.807) is 0 Å². The van der Waals surface area contributed by atoms with Gasteiger partial charge in [-0.3, -0.25) is 0 Å². The van der Waals surface area contributed by atoms with Gasteiger partial charge in [-0.25, -0.2) is 0 Å². The maximum absolute atomic E-state index is 6.09. The van der Waals surface area contributed by atoms with Crippen molar-refractivity contribution < 1.29 is 4.74 Å². The van der Waals surface area contributed by atoms with Crippen molar-refractivity contribution in [1.29, 1.82) is 0 Å². The minimum absolute atomic E-state index is 0.521. The van der Waals surface area contributed by atoms with E-state index >= 15 is 0 Å². The van der Waals surface area contributed by atoms with Gasteiger partial charge in [-0.2, -0.15) is 0 Å². The third-order valence-electron chi connectivity index (χ3n) is 4.53. The number of benzene rings is 3. The lowest BCUT2D eigenvalue weighted by Crippen LogP contribution is -2.17. The Morgan fingerprint density at radius 3 is 2.46 bits per heavy atom. The topological polar surface area (TPSA) is 21.3 Å². The Kier molecular flexibility index (Phi) is 6.68. The summed E-state index contributed by atoms with van der Waals surface area (Å²) in [7, 11) is 0. The van der Waals surface area contributed by atoms with Crippen molar-refractivity contribution in [1.82, 2.24) is 5.32 Å². The van der Waals surface area contributed by atoms with E-state index in [0.29, 0.717) is 5.92 Å². The summed E-state index contributed by atoms with van der Waals surface area (Å²) < 4.78 is 6.09. The van der Waals surface area contributed by atoms with Crippen molar-refractivity contribution in [3.05, 3.63) is 77.9 Å². The van der Waals surface area contributed by atoms with Crippen LogP contribution in [0.25, 0.3) is 10.8 Å². The number of hydrogen-bond acceptors (Lipinski definition) is 2. The molecule has 3 rings (SSSR count). The molecule has 0 aromatic heterocycles. The highest BCUT2D eigenvalue weighted by Crippen LogP contribution is 2.28. The minimum atomic E-state index is 0.521. The monoisotopic (exact) mass is 347 g/mol. The van der Waals surface area contributed by atoms with Gasteiger partial charge in [-0.05, 0) is 47.7 Å². The fourth-order valence-corrected chi connectivity index (χ4v) is 3.17. The summed E-state index contributed by atoms with van der Waals surface area (Å²) in [5, 5.41) is 6.16. The van der Waals surface area contributed by atoms with E-state index in [2.05, 4.69) is 85.9 Å². The highest BCUT2D eigenvalue weighted by Gasteiger charge is 2.09. The maximum atomic E-state index is 6.09. The largest absolute Gasteiger partial charge is 0.493 e. The predicted molar refractivity (Wildman–Crippen MR) is 111 cm³/mol. The molecule has 0 aliphatic rings. The van der Waals surface area contributed by atoms with Gasteiger partial charge in [0.1, 0.15) is 5.75 Å². The minimum Gasteiger partial charge on any atom is -0.493 e. The van der Waals surface area contributed by atoms with Crippen molar-refractivity contribution in [2.45, 2.75) is 33.2 Å². The third-order valence-corrected chi connectivity index (χ3v) is 4.53. The molecule has 0 saturated carbocycles. The first-order valence-electron chi connectivity index (χ1n) is 9.62. The number of aryl methyl sites for hydroxylation is 1. The van der Waals surface area contributed by atoms with Crippen LogP contribution in [0.5, 0.6) is 5.75 Å². The van der Waals surface area contributed by atoms with Gasteiger partial charge in [0.25, 0.3) is 0 Å². The SMILES string of the molecule is CC(C)COc1ccc2ccccc2c1CNCCCc1ccccc1. The molecule has 3 aromatic carbocycles. The van der Waals surface area contributed by atoms with Gasteiger partial charge in [0.05, 0.1) is 6.61 Å². The summed E-state index contributed by atoms with van der Waals surface area (Å²) >= 11 is 0. The van der Waals surface area contributed by atoms with Crippen molar-refractivity contribution >= 4 is 10.8 Å². The molecule has 3 aromatic rings. The van der Waals surface area contributed by atoms with E-state index in [4.69, 9.17) is 4.74 Å². The van der Waals surface area contributed by atoms with E-state index < -0.39 is 0 Å². The van der Waals surface area contributed by atoms with Crippen LogP contribution in [0.1, 0.15) is 31.4 Å². The number of ether oxygens (including phenoxy) is 1. The summed E-state index contributed by atoms with van der Waals surface area (Å²) in [6.45, 7) is 6.95. The quantitative estimate of drug-likeness (QED) is 0.509. The van der Waals surface area contributed by atoms with Crippen LogP contribution in [-0.4, -0.2) is 13.2 Å². The van der Waals surface area contributed by atoms with Crippen molar-refractivity contribution in [3.8, 4) is 5.75 Å². The average Bonchev–Trinajstić information content (AvgIpc) is 2.67. The van der Waals surface area contributed by atoms with Crippen molar-refractivity contribution in [3.63, 3.8) is 0 Å². The molecule has 136 valence electrons. The van der Waals surface area contributed by atoms with Gasteiger partial charge in [0, 0.05) is 12.1 Å². The molecule has 0 saturated heterocycles. The first-order valence-corrected chi connectivity index (χ1v) is 9.62. The van der Waals surface area contributed by atoms with Crippen LogP contribution in [0.4, 0.5) is 0 Å². The summed E-state index contributed by atoms with van der Waals surface area (Å²) in [5.41, 5.74) is 2.67. The predicted octanol–water partition coefficient (Wildman–Crippen LogP) is 5.60. The summed E-state index contributed by atoms with van der Waals surface area (Å²) in [4.78, 5) is 0.